The minimum absolute atomic E-state index is 0.0726. The molecule has 0 aliphatic rings. The summed E-state index contributed by atoms with van der Waals surface area (Å²) >= 11 is 5.83. The zero-order chi connectivity index (χ0) is 21.4. The fraction of sp³-hybridized carbons (Fsp3) is 0.300. The van der Waals surface area contributed by atoms with Crippen molar-refractivity contribution in [1.82, 2.24) is 14.9 Å². The van der Waals surface area contributed by atoms with Crippen molar-refractivity contribution in [2.24, 2.45) is 0 Å². The number of carbonyl (C=O) groups excluding carboxylic acids is 2. The Bertz CT molecular complexity index is 934. The summed E-state index contributed by atoms with van der Waals surface area (Å²) in [6.07, 6.45) is 0. The number of halogens is 1. The van der Waals surface area contributed by atoms with E-state index in [4.69, 9.17) is 11.6 Å². The van der Waals surface area contributed by atoms with E-state index < -0.39 is 22.0 Å². The first-order valence-electron chi connectivity index (χ1n) is 9.10. The maximum absolute atomic E-state index is 12.6. The highest BCUT2D eigenvalue weighted by atomic mass is 35.5. The molecule has 2 aromatic carbocycles. The van der Waals surface area contributed by atoms with Crippen LogP contribution in [-0.4, -0.2) is 44.3 Å². The lowest BCUT2D eigenvalue weighted by molar-refractivity contribution is -0.136. The van der Waals surface area contributed by atoms with Crippen LogP contribution in [0.2, 0.25) is 5.02 Å². The Morgan fingerprint density at radius 1 is 1.07 bits per heavy atom. The van der Waals surface area contributed by atoms with Gasteiger partial charge in [0.15, 0.2) is 0 Å². The lowest BCUT2D eigenvalue weighted by Gasteiger charge is -2.24. The van der Waals surface area contributed by atoms with E-state index in [2.05, 4.69) is 10.0 Å². The Labute approximate surface area is 176 Å². The van der Waals surface area contributed by atoms with Crippen molar-refractivity contribution in [3.63, 3.8) is 0 Å². The largest absolute Gasteiger partial charge is 0.350 e. The van der Waals surface area contributed by atoms with E-state index in [0.29, 0.717) is 11.6 Å². The van der Waals surface area contributed by atoms with Crippen molar-refractivity contribution >= 4 is 33.4 Å². The number of carbonyl (C=O) groups is 2. The second-order valence-corrected chi connectivity index (χ2v) is 8.56. The van der Waals surface area contributed by atoms with Crippen LogP contribution in [0.1, 0.15) is 19.4 Å². The van der Waals surface area contributed by atoms with Crippen LogP contribution in [0.15, 0.2) is 59.5 Å². The van der Waals surface area contributed by atoms with Gasteiger partial charge in [0, 0.05) is 18.1 Å². The molecule has 0 aliphatic heterocycles. The summed E-state index contributed by atoms with van der Waals surface area (Å²) in [5.41, 5.74) is 0.876. The molecule has 2 amide bonds. The number of hydrogen-bond acceptors (Lipinski definition) is 4. The van der Waals surface area contributed by atoms with Gasteiger partial charge in [0.1, 0.15) is 0 Å². The van der Waals surface area contributed by atoms with Crippen LogP contribution in [-0.2, 0) is 26.2 Å². The standard InChI is InChI=1S/C20H24ClN3O4S/c1-3-24(14-19(25)22-13-16-9-11-17(21)12-10-16)20(26)15(2)23-29(27,28)18-7-5-4-6-8-18/h4-12,15,23H,3,13-14H2,1-2H3,(H,22,25)/t15-/m1/s1. The molecule has 9 heteroatoms. The average molecular weight is 438 g/mol. The minimum Gasteiger partial charge on any atom is -0.350 e. The SMILES string of the molecule is CCN(CC(=O)NCc1ccc(Cl)cc1)C(=O)[C@@H](C)NS(=O)(=O)c1ccccc1. The summed E-state index contributed by atoms with van der Waals surface area (Å²) in [4.78, 5) is 26.2. The van der Waals surface area contributed by atoms with Crippen LogP contribution in [0.25, 0.3) is 0 Å². The molecule has 0 radical (unpaired) electrons. The molecule has 0 fully saturated rings. The van der Waals surface area contributed by atoms with Gasteiger partial charge in [0.2, 0.25) is 21.8 Å². The zero-order valence-corrected chi connectivity index (χ0v) is 17.8. The molecule has 0 aromatic heterocycles. The number of likely N-dealkylation sites (N-methyl/N-ethyl adjacent to an activating group) is 1. The molecule has 1 atom stereocenters. The second kappa shape index (κ2) is 10.4. The summed E-state index contributed by atoms with van der Waals surface area (Å²) in [6, 6.07) is 13.8. The van der Waals surface area contributed by atoms with E-state index in [1.807, 2.05) is 0 Å². The van der Waals surface area contributed by atoms with Gasteiger partial charge in [-0.1, -0.05) is 41.9 Å². The van der Waals surface area contributed by atoms with Crippen molar-refractivity contribution in [2.75, 3.05) is 13.1 Å². The van der Waals surface area contributed by atoms with E-state index in [0.717, 1.165) is 5.56 Å². The lowest BCUT2D eigenvalue weighted by Crippen LogP contribution is -2.49. The van der Waals surface area contributed by atoms with Crippen LogP contribution >= 0.6 is 11.6 Å². The third-order valence-corrected chi connectivity index (χ3v) is 6.00. The van der Waals surface area contributed by atoms with Gasteiger partial charge in [-0.15, -0.1) is 0 Å². The molecular formula is C20H24ClN3O4S. The number of rotatable bonds is 9. The van der Waals surface area contributed by atoms with E-state index in [1.54, 1.807) is 49.4 Å². The third-order valence-electron chi connectivity index (χ3n) is 4.19. The maximum Gasteiger partial charge on any atom is 0.241 e. The molecule has 2 rings (SSSR count). The molecule has 7 nitrogen and oxygen atoms in total. The fourth-order valence-electron chi connectivity index (χ4n) is 2.60. The van der Waals surface area contributed by atoms with Gasteiger partial charge in [0.05, 0.1) is 17.5 Å². The smallest absolute Gasteiger partial charge is 0.241 e. The van der Waals surface area contributed by atoms with Crippen LogP contribution in [0.4, 0.5) is 0 Å². The van der Waals surface area contributed by atoms with Gasteiger partial charge >= 0.3 is 0 Å². The van der Waals surface area contributed by atoms with Gasteiger partial charge in [-0.2, -0.15) is 4.72 Å². The number of nitrogens with one attached hydrogen (secondary N) is 2. The molecule has 156 valence electrons. The van der Waals surface area contributed by atoms with Crippen LogP contribution < -0.4 is 10.0 Å². The van der Waals surface area contributed by atoms with Gasteiger partial charge in [0.25, 0.3) is 0 Å². The zero-order valence-electron chi connectivity index (χ0n) is 16.3. The van der Waals surface area contributed by atoms with Crippen LogP contribution in [0, 0.1) is 0 Å². The molecule has 0 bridgehead atoms. The van der Waals surface area contributed by atoms with Gasteiger partial charge in [-0.05, 0) is 43.7 Å². The summed E-state index contributed by atoms with van der Waals surface area (Å²) in [6.45, 7) is 3.59. The molecule has 0 unspecified atom stereocenters. The fourth-order valence-corrected chi connectivity index (χ4v) is 3.95. The number of nitrogens with zero attached hydrogens (tertiary/aromatic N) is 1. The third kappa shape index (κ3) is 6.85. The van der Waals surface area contributed by atoms with Crippen LogP contribution in [0.5, 0.6) is 0 Å². The molecule has 2 aromatic rings. The van der Waals surface area contributed by atoms with Crippen molar-refractivity contribution < 1.29 is 18.0 Å². The quantitative estimate of drug-likeness (QED) is 0.628. The molecule has 0 heterocycles. The Morgan fingerprint density at radius 3 is 2.28 bits per heavy atom. The molecular weight excluding hydrogens is 414 g/mol. The Hall–Kier alpha value is -2.42. The first kappa shape index (κ1) is 22.9. The highest BCUT2D eigenvalue weighted by molar-refractivity contribution is 7.89. The molecule has 0 saturated heterocycles. The molecule has 0 saturated carbocycles. The maximum atomic E-state index is 12.6. The number of hydrogen-bond donors (Lipinski definition) is 2. The lowest BCUT2D eigenvalue weighted by atomic mass is 10.2. The molecule has 0 spiro atoms. The summed E-state index contributed by atoms with van der Waals surface area (Å²) in [5.74, 6) is -0.818. The summed E-state index contributed by atoms with van der Waals surface area (Å²) in [5, 5.41) is 3.34. The number of benzene rings is 2. The average Bonchev–Trinajstić information content (AvgIpc) is 2.71. The second-order valence-electron chi connectivity index (χ2n) is 6.41. The van der Waals surface area contributed by atoms with Crippen molar-refractivity contribution in [1.29, 1.82) is 0 Å². The van der Waals surface area contributed by atoms with Crippen molar-refractivity contribution in [3.05, 3.63) is 65.2 Å². The highest BCUT2D eigenvalue weighted by Crippen LogP contribution is 2.10. The topological polar surface area (TPSA) is 95.6 Å². The van der Waals surface area contributed by atoms with E-state index in [1.165, 1.54) is 24.0 Å². The minimum atomic E-state index is -3.83. The summed E-state index contributed by atoms with van der Waals surface area (Å²) < 4.78 is 27.1. The predicted octanol–water partition coefficient (Wildman–Crippen LogP) is 2.17. The van der Waals surface area contributed by atoms with E-state index in [-0.39, 0.29) is 23.9 Å². The van der Waals surface area contributed by atoms with Gasteiger partial charge in [-0.25, -0.2) is 8.42 Å². The summed E-state index contributed by atoms with van der Waals surface area (Å²) in [7, 11) is -3.83. The first-order valence-corrected chi connectivity index (χ1v) is 11.0. The van der Waals surface area contributed by atoms with Gasteiger partial charge < -0.3 is 10.2 Å². The van der Waals surface area contributed by atoms with Crippen LogP contribution in [0.3, 0.4) is 0 Å². The molecule has 0 aliphatic carbocycles. The Balaban J connectivity index is 1.92. The molecule has 29 heavy (non-hydrogen) atoms. The van der Waals surface area contributed by atoms with Crippen molar-refractivity contribution in [3.8, 4) is 0 Å². The van der Waals surface area contributed by atoms with Gasteiger partial charge in [-0.3, -0.25) is 9.59 Å². The molecule has 2 N–H and O–H groups in total. The highest BCUT2D eigenvalue weighted by Gasteiger charge is 2.26. The monoisotopic (exact) mass is 437 g/mol. The van der Waals surface area contributed by atoms with E-state index >= 15 is 0 Å². The first-order chi connectivity index (χ1) is 13.7. The Morgan fingerprint density at radius 2 is 1.69 bits per heavy atom. The van der Waals surface area contributed by atoms with E-state index in [9.17, 15) is 18.0 Å². The normalized spacial score (nSPS) is 12.2. The predicted molar refractivity (Wildman–Crippen MR) is 112 cm³/mol. The number of amides is 2. The number of sulfonamides is 1. The Kier molecular flexibility index (Phi) is 8.19. The van der Waals surface area contributed by atoms with Crippen molar-refractivity contribution in [2.45, 2.75) is 31.3 Å².